The zero-order chi connectivity index (χ0) is 11.1. The predicted octanol–water partition coefficient (Wildman–Crippen LogP) is 3.14. The molecule has 0 heterocycles. The van der Waals surface area contributed by atoms with Gasteiger partial charge in [0.1, 0.15) is 0 Å². The van der Waals surface area contributed by atoms with Crippen LogP contribution in [0.1, 0.15) is 37.5 Å². The van der Waals surface area contributed by atoms with Gasteiger partial charge in [-0.2, -0.15) is 5.90 Å². The Bertz CT molecular complexity index is 259. The fourth-order valence-electron chi connectivity index (χ4n) is 1.43. The number of benzene rings is 1. The quantitative estimate of drug-likeness (QED) is 0.736. The zero-order valence-electron chi connectivity index (χ0n) is 9.85. The van der Waals surface area contributed by atoms with Gasteiger partial charge in [0.2, 0.25) is 0 Å². The number of rotatable bonds is 2. The minimum absolute atomic E-state index is 0.798. The molecule has 2 heteroatoms. The van der Waals surface area contributed by atoms with Gasteiger partial charge >= 0.3 is 0 Å². The van der Waals surface area contributed by atoms with Crippen LogP contribution in [0.15, 0.2) is 12.1 Å². The molecule has 0 saturated heterocycles. The number of aryl methyl sites for hydroxylation is 3. The molecule has 0 saturated carbocycles. The van der Waals surface area contributed by atoms with Crippen molar-refractivity contribution in [2.75, 3.05) is 0 Å². The van der Waals surface area contributed by atoms with Crippen molar-refractivity contribution >= 4 is 0 Å². The van der Waals surface area contributed by atoms with Crippen molar-refractivity contribution < 1.29 is 4.84 Å². The van der Waals surface area contributed by atoms with E-state index >= 15 is 0 Å². The predicted molar refractivity (Wildman–Crippen MR) is 61.5 cm³/mol. The highest BCUT2D eigenvalue weighted by atomic mass is 16.6. The average Bonchev–Trinajstić information content (AvgIpc) is 2.20. The summed E-state index contributed by atoms with van der Waals surface area (Å²) in [5.41, 5.74) is 3.54. The van der Waals surface area contributed by atoms with Crippen molar-refractivity contribution in [2.45, 2.75) is 41.0 Å². The molecule has 0 spiro atoms. The first-order valence-corrected chi connectivity index (χ1v) is 5.16. The van der Waals surface area contributed by atoms with Gasteiger partial charge in [-0.15, -0.1) is 0 Å². The number of hydrogen-bond acceptors (Lipinski definition) is 2. The van der Waals surface area contributed by atoms with Crippen LogP contribution in [-0.4, -0.2) is 0 Å². The van der Waals surface area contributed by atoms with Gasteiger partial charge in [-0.05, 0) is 37.0 Å². The smallest absolute Gasteiger partial charge is 0.152 e. The molecule has 0 aromatic heterocycles. The third-order valence-corrected chi connectivity index (χ3v) is 2.05. The molecule has 0 amide bonds. The summed E-state index contributed by atoms with van der Waals surface area (Å²) in [6.45, 7) is 10.2. The van der Waals surface area contributed by atoms with Crippen molar-refractivity contribution in [1.29, 1.82) is 0 Å². The Balaban J connectivity index is 0.000000791. The van der Waals surface area contributed by atoms with Gasteiger partial charge in [0.25, 0.3) is 0 Å². The second-order valence-electron chi connectivity index (χ2n) is 3.03. The van der Waals surface area contributed by atoms with Crippen LogP contribution in [0, 0.1) is 13.8 Å². The van der Waals surface area contributed by atoms with Gasteiger partial charge in [0.05, 0.1) is 0 Å². The maximum absolute atomic E-state index is 5.14. The molecule has 2 N–H and O–H groups in total. The number of nitrogens with two attached hydrogens (primary N) is 1. The van der Waals surface area contributed by atoms with Gasteiger partial charge in [0, 0.05) is 0 Å². The SMILES string of the molecule is CC.CCc1cc(C)c(ON)c(C)c1. The molecule has 1 aromatic rings. The van der Waals surface area contributed by atoms with Gasteiger partial charge in [0.15, 0.2) is 5.75 Å². The van der Waals surface area contributed by atoms with E-state index in [-0.39, 0.29) is 0 Å². The van der Waals surface area contributed by atoms with Crippen LogP contribution in [0.3, 0.4) is 0 Å². The van der Waals surface area contributed by atoms with Crippen LogP contribution < -0.4 is 10.7 Å². The Labute approximate surface area is 87.0 Å². The topological polar surface area (TPSA) is 35.2 Å². The fraction of sp³-hybridized carbons (Fsp3) is 0.500. The first-order chi connectivity index (χ1) is 6.69. The van der Waals surface area contributed by atoms with E-state index < -0.39 is 0 Å². The molecule has 0 unspecified atom stereocenters. The van der Waals surface area contributed by atoms with Gasteiger partial charge < -0.3 is 4.84 Å². The summed E-state index contributed by atoms with van der Waals surface area (Å²) >= 11 is 0. The van der Waals surface area contributed by atoms with E-state index in [1.165, 1.54) is 5.56 Å². The lowest BCUT2D eigenvalue weighted by Crippen LogP contribution is -2.05. The molecule has 2 nitrogen and oxygen atoms in total. The Morgan fingerprint density at radius 3 is 1.86 bits per heavy atom. The van der Waals surface area contributed by atoms with E-state index in [0.29, 0.717) is 0 Å². The molecule has 80 valence electrons. The van der Waals surface area contributed by atoms with Gasteiger partial charge in [-0.3, -0.25) is 0 Å². The van der Waals surface area contributed by atoms with E-state index in [2.05, 4.69) is 19.1 Å². The van der Waals surface area contributed by atoms with Crippen LogP contribution in [-0.2, 0) is 6.42 Å². The Morgan fingerprint density at radius 1 is 1.14 bits per heavy atom. The lowest BCUT2D eigenvalue weighted by Gasteiger charge is -2.08. The Hall–Kier alpha value is -1.02. The average molecular weight is 195 g/mol. The summed E-state index contributed by atoms with van der Waals surface area (Å²) in [6, 6.07) is 4.21. The highest BCUT2D eigenvalue weighted by molar-refractivity contribution is 5.43. The van der Waals surface area contributed by atoms with Crippen molar-refractivity contribution in [2.24, 2.45) is 5.90 Å². The second-order valence-corrected chi connectivity index (χ2v) is 3.03. The van der Waals surface area contributed by atoms with Crippen LogP contribution >= 0.6 is 0 Å². The molecule has 1 rings (SSSR count). The normalized spacial score (nSPS) is 9.00. The lowest BCUT2D eigenvalue weighted by molar-refractivity contribution is 0.329. The third-order valence-electron chi connectivity index (χ3n) is 2.05. The molecule has 0 fully saturated rings. The van der Waals surface area contributed by atoms with Crippen LogP contribution in [0.5, 0.6) is 5.75 Å². The fourth-order valence-corrected chi connectivity index (χ4v) is 1.43. The molecular weight excluding hydrogens is 174 g/mol. The van der Waals surface area contributed by atoms with Crippen molar-refractivity contribution in [1.82, 2.24) is 0 Å². The van der Waals surface area contributed by atoms with Gasteiger partial charge in [-0.25, -0.2) is 0 Å². The highest BCUT2D eigenvalue weighted by Crippen LogP contribution is 2.23. The van der Waals surface area contributed by atoms with E-state index in [0.717, 1.165) is 23.3 Å². The third kappa shape index (κ3) is 3.04. The van der Waals surface area contributed by atoms with Crippen LogP contribution in [0.2, 0.25) is 0 Å². The monoisotopic (exact) mass is 195 g/mol. The molecule has 0 aliphatic carbocycles. The standard InChI is InChI=1S/C10H15NO.C2H6/c1-4-9-5-7(2)10(12-11)8(3)6-9;1-2/h5-6H,4,11H2,1-3H3;1-2H3. The maximum atomic E-state index is 5.14. The largest absolute Gasteiger partial charge is 0.411 e. The van der Waals surface area contributed by atoms with Crippen LogP contribution in [0.4, 0.5) is 0 Å². The van der Waals surface area contributed by atoms with Crippen molar-refractivity contribution in [3.63, 3.8) is 0 Å². The van der Waals surface area contributed by atoms with Crippen molar-refractivity contribution in [3.05, 3.63) is 28.8 Å². The minimum Gasteiger partial charge on any atom is -0.411 e. The minimum atomic E-state index is 0.798. The summed E-state index contributed by atoms with van der Waals surface area (Å²) in [6.07, 6.45) is 1.05. The molecule has 1 aromatic carbocycles. The summed E-state index contributed by atoms with van der Waals surface area (Å²) in [5.74, 6) is 5.94. The van der Waals surface area contributed by atoms with Gasteiger partial charge in [-0.1, -0.05) is 32.9 Å². The van der Waals surface area contributed by atoms with E-state index in [1.54, 1.807) is 0 Å². The molecule has 0 atom stereocenters. The van der Waals surface area contributed by atoms with E-state index in [4.69, 9.17) is 10.7 Å². The molecule has 0 aliphatic heterocycles. The number of hydrogen-bond donors (Lipinski definition) is 1. The summed E-state index contributed by atoms with van der Waals surface area (Å²) in [4.78, 5) is 4.78. The summed E-state index contributed by atoms with van der Waals surface area (Å²) < 4.78 is 0. The molecule has 14 heavy (non-hydrogen) atoms. The Kier molecular flexibility index (Phi) is 5.97. The summed E-state index contributed by atoms with van der Waals surface area (Å²) in [7, 11) is 0. The molecule has 0 bridgehead atoms. The molecule has 0 aliphatic rings. The summed E-state index contributed by atoms with van der Waals surface area (Å²) in [5, 5.41) is 0. The van der Waals surface area contributed by atoms with E-state index in [1.807, 2.05) is 27.7 Å². The maximum Gasteiger partial charge on any atom is 0.152 e. The molecular formula is C12H21NO. The lowest BCUT2D eigenvalue weighted by atomic mass is 10.0. The van der Waals surface area contributed by atoms with Crippen LogP contribution in [0.25, 0.3) is 0 Å². The Morgan fingerprint density at radius 2 is 1.57 bits per heavy atom. The first kappa shape index (κ1) is 13.0. The zero-order valence-corrected chi connectivity index (χ0v) is 9.85. The molecule has 0 radical (unpaired) electrons. The van der Waals surface area contributed by atoms with Crippen molar-refractivity contribution in [3.8, 4) is 5.75 Å². The highest BCUT2D eigenvalue weighted by Gasteiger charge is 2.03. The first-order valence-electron chi connectivity index (χ1n) is 5.16. The second kappa shape index (κ2) is 6.44. The van der Waals surface area contributed by atoms with E-state index in [9.17, 15) is 0 Å².